The van der Waals surface area contributed by atoms with Gasteiger partial charge in [-0.1, -0.05) is 6.42 Å². The number of amides is 1. The summed E-state index contributed by atoms with van der Waals surface area (Å²) in [5.74, 6) is 2.96. The van der Waals surface area contributed by atoms with E-state index in [9.17, 15) is 4.79 Å². The summed E-state index contributed by atoms with van der Waals surface area (Å²) < 4.78 is 1.58. The molecule has 0 aliphatic heterocycles. The molecule has 2 fully saturated rings. The molecule has 7 heteroatoms. The lowest BCUT2D eigenvalue weighted by Gasteiger charge is -2.28. The van der Waals surface area contributed by atoms with E-state index in [0.717, 1.165) is 16.8 Å². The molecule has 4 atom stereocenters. The molecule has 23 heavy (non-hydrogen) atoms. The Kier molecular flexibility index (Phi) is 3.88. The third-order valence-corrected chi connectivity index (χ3v) is 6.06. The largest absolute Gasteiger partial charge is 0.352 e. The van der Waals surface area contributed by atoms with Crippen LogP contribution in [-0.2, 0) is 11.3 Å². The Morgan fingerprint density at radius 2 is 2.35 bits per heavy atom. The van der Waals surface area contributed by atoms with Gasteiger partial charge in [-0.25, -0.2) is 14.6 Å². The second-order valence-electron chi connectivity index (χ2n) is 6.80. The van der Waals surface area contributed by atoms with Crippen molar-refractivity contribution < 1.29 is 4.79 Å². The van der Waals surface area contributed by atoms with E-state index in [1.54, 1.807) is 17.2 Å². The maximum atomic E-state index is 12.3. The average Bonchev–Trinajstić information content (AvgIpc) is 3.30. The summed E-state index contributed by atoms with van der Waals surface area (Å²) in [6, 6.07) is 0.250. The maximum absolute atomic E-state index is 12.3. The molecule has 2 bridgehead atoms. The first-order valence-electron chi connectivity index (χ1n) is 8.27. The number of rotatable bonds is 5. The molecule has 0 radical (unpaired) electrons. The molecule has 6 nitrogen and oxygen atoms in total. The quantitative estimate of drug-likeness (QED) is 0.913. The van der Waals surface area contributed by atoms with Gasteiger partial charge in [0, 0.05) is 17.6 Å². The Bertz CT molecular complexity index is 682. The van der Waals surface area contributed by atoms with Gasteiger partial charge in [-0.2, -0.15) is 0 Å². The van der Waals surface area contributed by atoms with E-state index in [-0.39, 0.29) is 18.5 Å². The molecule has 1 amide bonds. The first kappa shape index (κ1) is 14.8. The zero-order valence-electron chi connectivity index (χ0n) is 13.2. The van der Waals surface area contributed by atoms with Crippen molar-refractivity contribution >= 4 is 17.2 Å². The Hall–Kier alpha value is -1.76. The summed E-state index contributed by atoms with van der Waals surface area (Å²) in [5.41, 5.74) is 0. The molecular weight excluding hydrogens is 310 g/mol. The minimum Gasteiger partial charge on any atom is -0.352 e. The fraction of sp³-hybridized carbons (Fsp3) is 0.625. The highest BCUT2D eigenvalue weighted by Crippen LogP contribution is 2.49. The van der Waals surface area contributed by atoms with Crippen LogP contribution in [0.25, 0.3) is 10.8 Å². The van der Waals surface area contributed by atoms with Crippen LogP contribution in [0, 0.1) is 17.8 Å². The van der Waals surface area contributed by atoms with Gasteiger partial charge in [-0.15, -0.1) is 16.4 Å². The van der Waals surface area contributed by atoms with Crippen molar-refractivity contribution in [2.45, 2.75) is 45.2 Å². The van der Waals surface area contributed by atoms with Crippen LogP contribution >= 0.6 is 11.3 Å². The molecule has 122 valence electrons. The van der Waals surface area contributed by atoms with E-state index in [1.165, 1.54) is 37.0 Å². The molecule has 0 saturated heterocycles. The number of hydrogen-bond acceptors (Lipinski definition) is 5. The molecular formula is C16H21N5OS. The van der Waals surface area contributed by atoms with Crippen LogP contribution in [0.1, 0.15) is 32.6 Å². The average molecular weight is 331 g/mol. The lowest BCUT2D eigenvalue weighted by molar-refractivity contribution is -0.122. The summed E-state index contributed by atoms with van der Waals surface area (Å²) in [5, 5.41) is 10.2. The minimum absolute atomic E-state index is 0.0101. The summed E-state index contributed by atoms with van der Waals surface area (Å²) in [4.78, 5) is 20.7. The summed E-state index contributed by atoms with van der Waals surface area (Å²) in [6.45, 7) is 2.36. The van der Waals surface area contributed by atoms with Crippen molar-refractivity contribution in [1.29, 1.82) is 0 Å². The van der Waals surface area contributed by atoms with E-state index in [0.29, 0.717) is 11.7 Å². The molecule has 2 aliphatic rings. The predicted molar refractivity (Wildman–Crippen MR) is 87.7 cm³/mol. The number of carbonyl (C=O) groups is 1. The first-order chi connectivity index (χ1) is 11.2. The normalized spacial score (nSPS) is 27.3. The van der Waals surface area contributed by atoms with Gasteiger partial charge in [0.05, 0.1) is 0 Å². The Balaban J connectivity index is 1.33. The molecule has 2 aliphatic carbocycles. The highest BCUT2D eigenvalue weighted by Gasteiger charge is 2.42. The molecule has 2 saturated carbocycles. The molecule has 2 aromatic rings. The van der Waals surface area contributed by atoms with Crippen LogP contribution in [0.3, 0.4) is 0 Å². The molecule has 4 rings (SSSR count). The minimum atomic E-state index is 0.0101. The molecule has 0 aromatic carbocycles. The van der Waals surface area contributed by atoms with Gasteiger partial charge in [0.25, 0.3) is 0 Å². The lowest BCUT2D eigenvalue weighted by Crippen LogP contribution is -2.41. The van der Waals surface area contributed by atoms with Crippen LogP contribution in [0.15, 0.2) is 17.9 Å². The van der Waals surface area contributed by atoms with Gasteiger partial charge >= 0.3 is 0 Å². The number of thiazole rings is 1. The highest BCUT2D eigenvalue weighted by atomic mass is 32.1. The molecule has 0 unspecified atom stereocenters. The van der Waals surface area contributed by atoms with Crippen LogP contribution < -0.4 is 5.32 Å². The van der Waals surface area contributed by atoms with Crippen molar-refractivity contribution in [2.24, 2.45) is 17.8 Å². The van der Waals surface area contributed by atoms with Crippen molar-refractivity contribution in [3.8, 4) is 10.8 Å². The number of nitrogens with one attached hydrogen (secondary N) is 1. The van der Waals surface area contributed by atoms with E-state index >= 15 is 0 Å². The summed E-state index contributed by atoms with van der Waals surface area (Å²) in [7, 11) is 0. The number of carbonyl (C=O) groups excluding carboxylic acids is 1. The van der Waals surface area contributed by atoms with Gasteiger partial charge < -0.3 is 5.32 Å². The van der Waals surface area contributed by atoms with Crippen molar-refractivity contribution in [3.05, 3.63) is 17.9 Å². The van der Waals surface area contributed by atoms with Gasteiger partial charge in [0.1, 0.15) is 12.9 Å². The van der Waals surface area contributed by atoms with Crippen molar-refractivity contribution in [2.75, 3.05) is 0 Å². The van der Waals surface area contributed by atoms with Crippen LogP contribution in [0.2, 0.25) is 0 Å². The van der Waals surface area contributed by atoms with Crippen LogP contribution in [0.4, 0.5) is 0 Å². The highest BCUT2D eigenvalue weighted by molar-refractivity contribution is 7.12. The first-order valence-corrected chi connectivity index (χ1v) is 9.15. The van der Waals surface area contributed by atoms with Crippen molar-refractivity contribution in [3.63, 3.8) is 0 Å². The SMILES string of the molecule is C[C@@H](NC(=O)Cn1cnc(-c2nccs2)n1)[C@H]1C[C@H]2CC[C@H]1C2. The third-order valence-electron chi connectivity index (χ3n) is 5.29. The summed E-state index contributed by atoms with van der Waals surface area (Å²) in [6.07, 6.45) is 8.70. The van der Waals surface area contributed by atoms with E-state index < -0.39 is 0 Å². The number of fused-ring (bicyclic) bond motifs is 2. The zero-order chi connectivity index (χ0) is 15.8. The summed E-state index contributed by atoms with van der Waals surface area (Å²) >= 11 is 1.49. The number of nitrogens with zero attached hydrogens (tertiary/aromatic N) is 4. The maximum Gasteiger partial charge on any atom is 0.242 e. The van der Waals surface area contributed by atoms with Crippen LogP contribution in [-0.4, -0.2) is 31.7 Å². The second-order valence-corrected chi connectivity index (χ2v) is 7.69. The Labute approximate surface area is 139 Å². The predicted octanol–water partition coefficient (Wildman–Crippen LogP) is 2.34. The molecule has 0 spiro atoms. The smallest absolute Gasteiger partial charge is 0.242 e. The molecule has 2 aromatic heterocycles. The zero-order valence-corrected chi connectivity index (χ0v) is 14.0. The second kappa shape index (κ2) is 6.03. The van der Waals surface area contributed by atoms with E-state index in [2.05, 4.69) is 27.3 Å². The molecule has 1 N–H and O–H groups in total. The van der Waals surface area contributed by atoms with Gasteiger partial charge in [0.2, 0.25) is 11.7 Å². The standard InChI is InChI=1S/C16H21N5OS/c1-10(13-7-11-2-3-12(13)6-11)19-14(22)8-21-9-18-15(20-21)16-17-4-5-23-16/h4-5,9-13H,2-3,6-8H2,1H3,(H,19,22)/t10-,11+,12+,13-/m1/s1. The number of hydrogen-bond donors (Lipinski definition) is 1. The van der Waals surface area contributed by atoms with E-state index in [4.69, 9.17) is 0 Å². The third kappa shape index (κ3) is 3.02. The van der Waals surface area contributed by atoms with Crippen LogP contribution in [0.5, 0.6) is 0 Å². The fourth-order valence-corrected chi connectivity index (χ4v) is 4.83. The Morgan fingerprint density at radius 3 is 3.04 bits per heavy atom. The number of aromatic nitrogens is 4. The molecule has 2 heterocycles. The van der Waals surface area contributed by atoms with E-state index in [1.807, 2.05) is 5.38 Å². The van der Waals surface area contributed by atoms with Gasteiger partial charge in [-0.05, 0) is 43.9 Å². The Morgan fingerprint density at radius 1 is 1.43 bits per heavy atom. The van der Waals surface area contributed by atoms with Gasteiger partial charge in [0.15, 0.2) is 5.01 Å². The topological polar surface area (TPSA) is 72.7 Å². The lowest BCUT2D eigenvalue weighted by atomic mass is 9.84. The monoisotopic (exact) mass is 331 g/mol. The fourth-order valence-electron chi connectivity index (χ4n) is 4.26. The van der Waals surface area contributed by atoms with Crippen molar-refractivity contribution in [1.82, 2.24) is 25.1 Å². The van der Waals surface area contributed by atoms with Gasteiger partial charge in [-0.3, -0.25) is 4.79 Å².